The van der Waals surface area contributed by atoms with E-state index in [-0.39, 0.29) is 12.2 Å². The van der Waals surface area contributed by atoms with Gasteiger partial charge in [0.2, 0.25) is 0 Å². The van der Waals surface area contributed by atoms with Crippen LogP contribution in [0.25, 0.3) is 0 Å². The van der Waals surface area contributed by atoms with Gasteiger partial charge in [-0.3, -0.25) is 4.79 Å². The number of thiophene rings is 1. The number of rotatable bonds is 5. The summed E-state index contributed by atoms with van der Waals surface area (Å²) >= 11 is 4.89. The SMILES string of the molecule is O=C(O)C(Cc1ccccc1F)Cc1sccc1Br. The van der Waals surface area contributed by atoms with E-state index in [1.807, 2.05) is 11.4 Å². The molecule has 1 aromatic heterocycles. The van der Waals surface area contributed by atoms with Gasteiger partial charge in [-0.2, -0.15) is 0 Å². The third-order valence-electron chi connectivity index (χ3n) is 2.90. The summed E-state index contributed by atoms with van der Waals surface area (Å²) in [6.07, 6.45) is 0.605. The molecule has 0 amide bonds. The number of hydrogen-bond acceptors (Lipinski definition) is 2. The average Bonchev–Trinajstić information content (AvgIpc) is 2.76. The molecule has 0 aliphatic heterocycles. The molecule has 1 aromatic carbocycles. The second kappa shape index (κ2) is 6.30. The fraction of sp³-hybridized carbons (Fsp3) is 0.214. The number of halogens is 2. The summed E-state index contributed by atoms with van der Waals surface area (Å²) in [6, 6.07) is 8.20. The smallest absolute Gasteiger partial charge is 0.307 e. The average molecular weight is 343 g/mol. The molecule has 0 bridgehead atoms. The first kappa shape index (κ1) is 14.2. The Morgan fingerprint density at radius 2 is 2.05 bits per heavy atom. The van der Waals surface area contributed by atoms with Crippen LogP contribution < -0.4 is 0 Å². The van der Waals surface area contributed by atoms with Crippen molar-refractivity contribution in [3.05, 3.63) is 56.4 Å². The standard InChI is InChI=1S/C14H12BrFO2S/c15-11-5-6-19-13(11)8-10(14(17)18)7-9-3-1-2-4-12(9)16/h1-6,10H,7-8H2,(H,17,18). The summed E-state index contributed by atoms with van der Waals surface area (Å²) < 4.78 is 14.5. The van der Waals surface area contributed by atoms with Crippen molar-refractivity contribution in [2.45, 2.75) is 12.8 Å². The fourth-order valence-electron chi connectivity index (χ4n) is 1.87. The van der Waals surface area contributed by atoms with Crippen molar-refractivity contribution < 1.29 is 14.3 Å². The van der Waals surface area contributed by atoms with Crippen LogP contribution >= 0.6 is 27.3 Å². The second-order valence-electron chi connectivity index (χ2n) is 4.23. The number of aliphatic carboxylic acids is 1. The van der Waals surface area contributed by atoms with Gasteiger partial charge < -0.3 is 5.11 Å². The number of carboxylic acid groups (broad SMARTS) is 1. The van der Waals surface area contributed by atoms with E-state index in [1.165, 1.54) is 17.4 Å². The van der Waals surface area contributed by atoms with Crippen molar-refractivity contribution in [1.82, 2.24) is 0 Å². The molecule has 0 saturated carbocycles. The Balaban J connectivity index is 2.16. The van der Waals surface area contributed by atoms with Crippen molar-refractivity contribution in [1.29, 1.82) is 0 Å². The van der Waals surface area contributed by atoms with E-state index >= 15 is 0 Å². The van der Waals surface area contributed by atoms with Crippen molar-refractivity contribution in [2.24, 2.45) is 5.92 Å². The van der Waals surface area contributed by atoms with Crippen molar-refractivity contribution >= 4 is 33.2 Å². The predicted molar refractivity (Wildman–Crippen MR) is 77.0 cm³/mol. The predicted octanol–water partition coefficient (Wildman–Crippen LogP) is 4.14. The van der Waals surface area contributed by atoms with Crippen LogP contribution in [0, 0.1) is 11.7 Å². The molecule has 1 N–H and O–H groups in total. The Hall–Kier alpha value is -1.20. The highest BCUT2D eigenvalue weighted by Gasteiger charge is 2.21. The molecule has 1 unspecified atom stereocenters. The summed E-state index contributed by atoms with van der Waals surface area (Å²) in [5.74, 6) is -1.87. The zero-order chi connectivity index (χ0) is 13.8. The first-order chi connectivity index (χ1) is 9.08. The summed E-state index contributed by atoms with van der Waals surface area (Å²) in [4.78, 5) is 12.3. The van der Waals surface area contributed by atoms with Gasteiger partial charge in [0.05, 0.1) is 5.92 Å². The Kier molecular flexibility index (Phi) is 4.71. The Morgan fingerprint density at radius 1 is 1.32 bits per heavy atom. The molecule has 0 radical (unpaired) electrons. The third-order valence-corrected chi connectivity index (χ3v) is 4.84. The van der Waals surface area contributed by atoms with Gasteiger partial charge in [-0.15, -0.1) is 11.3 Å². The van der Waals surface area contributed by atoms with E-state index in [4.69, 9.17) is 0 Å². The van der Waals surface area contributed by atoms with E-state index in [0.717, 1.165) is 9.35 Å². The van der Waals surface area contributed by atoms with Crippen LogP contribution in [-0.2, 0) is 17.6 Å². The van der Waals surface area contributed by atoms with Crippen LogP contribution in [-0.4, -0.2) is 11.1 Å². The molecular formula is C14H12BrFO2S. The molecule has 1 heterocycles. The highest BCUT2D eigenvalue weighted by molar-refractivity contribution is 9.10. The lowest BCUT2D eigenvalue weighted by atomic mass is 9.95. The first-order valence-corrected chi connectivity index (χ1v) is 7.43. The normalized spacial score (nSPS) is 12.3. The van der Waals surface area contributed by atoms with Crippen molar-refractivity contribution in [2.75, 3.05) is 0 Å². The Morgan fingerprint density at radius 3 is 2.63 bits per heavy atom. The summed E-state index contributed by atoms with van der Waals surface area (Å²) in [5.41, 5.74) is 0.447. The van der Waals surface area contributed by atoms with Gasteiger partial charge >= 0.3 is 5.97 Å². The van der Waals surface area contributed by atoms with Crippen LogP contribution in [0.1, 0.15) is 10.4 Å². The van der Waals surface area contributed by atoms with Crippen molar-refractivity contribution in [3.8, 4) is 0 Å². The molecule has 0 aliphatic carbocycles. The van der Waals surface area contributed by atoms with Gasteiger partial charge in [0.15, 0.2) is 0 Å². The van der Waals surface area contributed by atoms with Crippen LogP contribution in [0.2, 0.25) is 0 Å². The number of carboxylic acids is 1. The van der Waals surface area contributed by atoms with Gasteiger partial charge in [-0.25, -0.2) is 4.39 Å². The van der Waals surface area contributed by atoms with Crippen LogP contribution in [0.15, 0.2) is 40.2 Å². The molecule has 0 spiro atoms. The quantitative estimate of drug-likeness (QED) is 0.886. The van der Waals surface area contributed by atoms with E-state index in [0.29, 0.717) is 12.0 Å². The molecular weight excluding hydrogens is 331 g/mol. The van der Waals surface area contributed by atoms with Gasteiger partial charge in [-0.1, -0.05) is 18.2 Å². The molecule has 0 aliphatic rings. The van der Waals surface area contributed by atoms with E-state index in [1.54, 1.807) is 18.2 Å². The molecule has 0 fully saturated rings. The largest absolute Gasteiger partial charge is 0.481 e. The van der Waals surface area contributed by atoms with E-state index < -0.39 is 11.9 Å². The molecule has 2 nitrogen and oxygen atoms in total. The molecule has 1 atom stereocenters. The monoisotopic (exact) mass is 342 g/mol. The van der Waals surface area contributed by atoms with E-state index in [2.05, 4.69) is 15.9 Å². The maximum Gasteiger partial charge on any atom is 0.307 e. The summed E-state index contributed by atoms with van der Waals surface area (Å²) in [6.45, 7) is 0. The lowest BCUT2D eigenvalue weighted by molar-refractivity contribution is -0.141. The second-order valence-corrected chi connectivity index (χ2v) is 6.08. The minimum atomic E-state index is -0.899. The lowest BCUT2D eigenvalue weighted by Gasteiger charge is -2.12. The zero-order valence-corrected chi connectivity index (χ0v) is 12.4. The maximum atomic E-state index is 13.6. The molecule has 0 saturated heterocycles. The van der Waals surface area contributed by atoms with Crippen LogP contribution in [0.4, 0.5) is 4.39 Å². The van der Waals surface area contributed by atoms with Crippen LogP contribution in [0.3, 0.4) is 0 Å². The minimum absolute atomic E-state index is 0.201. The topological polar surface area (TPSA) is 37.3 Å². The highest BCUT2D eigenvalue weighted by Crippen LogP contribution is 2.27. The molecule has 2 aromatic rings. The number of hydrogen-bond donors (Lipinski definition) is 1. The Labute approximate surface area is 123 Å². The number of benzene rings is 1. The van der Waals surface area contributed by atoms with Crippen LogP contribution in [0.5, 0.6) is 0 Å². The minimum Gasteiger partial charge on any atom is -0.481 e. The van der Waals surface area contributed by atoms with Gasteiger partial charge in [0.1, 0.15) is 5.82 Å². The fourth-order valence-corrected chi connectivity index (χ4v) is 3.47. The maximum absolute atomic E-state index is 13.6. The van der Waals surface area contributed by atoms with Gasteiger partial charge in [0, 0.05) is 9.35 Å². The highest BCUT2D eigenvalue weighted by atomic mass is 79.9. The van der Waals surface area contributed by atoms with Gasteiger partial charge in [0.25, 0.3) is 0 Å². The molecule has 2 rings (SSSR count). The molecule has 19 heavy (non-hydrogen) atoms. The summed E-state index contributed by atoms with van der Waals surface area (Å²) in [5, 5.41) is 11.2. The lowest BCUT2D eigenvalue weighted by Crippen LogP contribution is -2.19. The van der Waals surface area contributed by atoms with E-state index in [9.17, 15) is 14.3 Å². The third kappa shape index (κ3) is 3.64. The van der Waals surface area contributed by atoms with Crippen molar-refractivity contribution in [3.63, 3.8) is 0 Å². The Bertz CT molecular complexity index is 582. The summed E-state index contributed by atoms with van der Waals surface area (Å²) in [7, 11) is 0. The zero-order valence-electron chi connectivity index (χ0n) is 9.98. The first-order valence-electron chi connectivity index (χ1n) is 5.76. The number of carbonyl (C=O) groups is 1. The molecule has 100 valence electrons. The molecule has 5 heteroatoms. The van der Waals surface area contributed by atoms with Gasteiger partial charge in [-0.05, 0) is 51.8 Å².